The lowest BCUT2D eigenvalue weighted by atomic mass is 9.88. The minimum absolute atomic E-state index is 0.882. The fraction of sp³-hybridized carbons (Fsp3) is 0.846. The Bertz CT molecular complexity index is 166. The van der Waals surface area contributed by atoms with Crippen LogP contribution in [0.5, 0.6) is 0 Å². The van der Waals surface area contributed by atoms with E-state index in [4.69, 9.17) is 0 Å². The third-order valence-electron chi connectivity index (χ3n) is 3.00. The average molecular weight is 195 g/mol. The minimum Gasteiger partial charge on any atom is -0.313 e. The molecule has 1 nitrogen and oxygen atoms in total. The van der Waals surface area contributed by atoms with Crippen LogP contribution in [0.15, 0.2) is 11.6 Å². The summed E-state index contributed by atoms with van der Waals surface area (Å²) in [5, 5.41) is 3.46. The molecule has 0 aliphatic heterocycles. The van der Waals surface area contributed by atoms with Gasteiger partial charge in [0.05, 0.1) is 0 Å². The lowest BCUT2D eigenvalue weighted by Crippen LogP contribution is -2.17. The maximum atomic E-state index is 3.46. The molecule has 1 fully saturated rings. The molecule has 1 aliphatic carbocycles. The van der Waals surface area contributed by atoms with Crippen LogP contribution in [-0.2, 0) is 0 Å². The van der Waals surface area contributed by atoms with Crippen LogP contribution < -0.4 is 5.32 Å². The third-order valence-corrected chi connectivity index (χ3v) is 3.00. The van der Waals surface area contributed by atoms with Gasteiger partial charge in [-0.2, -0.15) is 0 Å². The molecular formula is C13H25N. The highest BCUT2D eigenvalue weighted by Gasteiger charge is 2.10. The summed E-state index contributed by atoms with van der Waals surface area (Å²) in [5.74, 6) is 0.882. The molecule has 0 radical (unpaired) electrons. The number of nitrogens with one attached hydrogen (secondary N) is 1. The van der Waals surface area contributed by atoms with Crippen molar-refractivity contribution < 1.29 is 0 Å². The molecule has 0 aromatic carbocycles. The maximum Gasteiger partial charge on any atom is 0.0161 e. The molecule has 0 amide bonds. The van der Waals surface area contributed by atoms with Crippen molar-refractivity contribution in [2.45, 2.75) is 52.4 Å². The molecular weight excluding hydrogens is 170 g/mol. The fourth-order valence-corrected chi connectivity index (χ4v) is 2.22. The van der Waals surface area contributed by atoms with E-state index in [1.807, 2.05) is 0 Å². The Kier molecular flexibility index (Phi) is 5.93. The Labute approximate surface area is 89.0 Å². The van der Waals surface area contributed by atoms with Crippen LogP contribution in [0.1, 0.15) is 52.4 Å². The smallest absolute Gasteiger partial charge is 0.0161 e. The van der Waals surface area contributed by atoms with Crippen molar-refractivity contribution in [3.8, 4) is 0 Å². The van der Waals surface area contributed by atoms with Gasteiger partial charge in [0.1, 0.15) is 0 Å². The van der Waals surface area contributed by atoms with E-state index in [0.717, 1.165) is 19.0 Å². The van der Waals surface area contributed by atoms with E-state index in [1.165, 1.54) is 44.1 Å². The van der Waals surface area contributed by atoms with E-state index in [0.29, 0.717) is 0 Å². The molecule has 0 saturated heterocycles. The van der Waals surface area contributed by atoms with Crippen LogP contribution in [0.4, 0.5) is 0 Å². The summed E-state index contributed by atoms with van der Waals surface area (Å²) < 4.78 is 0. The lowest BCUT2D eigenvalue weighted by molar-refractivity contribution is 0.417. The first-order valence-electron chi connectivity index (χ1n) is 6.21. The van der Waals surface area contributed by atoms with Crippen LogP contribution in [0.2, 0.25) is 0 Å². The van der Waals surface area contributed by atoms with E-state index in [9.17, 15) is 0 Å². The summed E-state index contributed by atoms with van der Waals surface area (Å²) in [6.45, 7) is 6.71. The molecule has 0 aromatic heterocycles. The molecule has 0 unspecified atom stereocenters. The number of hydrogen-bond donors (Lipinski definition) is 1. The summed E-state index contributed by atoms with van der Waals surface area (Å²) in [6, 6.07) is 0. The van der Waals surface area contributed by atoms with Gasteiger partial charge in [0.2, 0.25) is 0 Å². The summed E-state index contributed by atoms with van der Waals surface area (Å²) in [7, 11) is 0. The Morgan fingerprint density at radius 1 is 1.29 bits per heavy atom. The second-order valence-electron chi connectivity index (χ2n) is 4.59. The molecule has 82 valence electrons. The second-order valence-corrected chi connectivity index (χ2v) is 4.59. The first-order valence-corrected chi connectivity index (χ1v) is 6.21. The Morgan fingerprint density at radius 3 is 2.64 bits per heavy atom. The molecule has 1 saturated carbocycles. The fourth-order valence-electron chi connectivity index (χ4n) is 2.22. The van der Waals surface area contributed by atoms with Crippen molar-refractivity contribution in [1.82, 2.24) is 5.32 Å². The van der Waals surface area contributed by atoms with Gasteiger partial charge >= 0.3 is 0 Å². The van der Waals surface area contributed by atoms with Crippen molar-refractivity contribution in [2.24, 2.45) is 5.92 Å². The Morgan fingerprint density at radius 2 is 2.00 bits per heavy atom. The van der Waals surface area contributed by atoms with Gasteiger partial charge in [0, 0.05) is 6.54 Å². The van der Waals surface area contributed by atoms with Gasteiger partial charge in [0.25, 0.3) is 0 Å². The second kappa shape index (κ2) is 7.05. The molecule has 0 atom stereocenters. The summed E-state index contributed by atoms with van der Waals surface area (Å²) in [6.07, 6.45) is 10.9. The van der Waals surface area contributed by atoms with Crippen LogP contribution >= 0.6 is 0 Å². The average Bonchev–Trinajstić information content (AvgIpc) is 2.20. The Balaban J connectivity index is 2.19. The van der Waals surface area contributed by atoms with Gasteiger partial charge in [-0.05, 0) is 38.6 Å². The monoisotopic (exact) mass is 195 g/mol. The van der Waals surface area contributed by atoms with Gasteiger partial charge < -0.3 is 5.32 Å². The normalized spacial score (nSPS) is 20.0. The highest BCUT2D eigenvalue weighted by atomic mass is 14.8. The zero-order valence-corrected chi connectivity index (χ0v) is 9.81. The van der Waals surface area contributed by atoms with Gasteiger partial charge in [-0.3, -0.25) is 0 Å². The summed E-state index contributed by atoms with van der Waals surface area (Å²) >= 11 is 0. The van der Waals surface area contributed by atoms with Gasteiger partial charge in [0.15, 0.2) is 0 Å². The molecule has 1 aliphatic rings. The topological polar surface area (TPSA) is 12.0 Å². The molecule has 0 aromatic rings. The van der Waals surface area contributed by atoms with Gasteiger partial charge in [-0.25, -0.2) is 0 Å². The molecule has 0 spiro atoms. The van der Waals surface area contributed by atoms with Crippen molar-refractivity contribution in [1.29, 1.82) is 0 Å². The van der Waals surface area contributed by atoms with Crippen LogP contribution in [0.25, 0.3) is 0 Å². The first-order chi connectivity index (χ1) is 6.83. The maximum absolute atomic E-state index is 3.46. The quantitative estimate of drug-likeness (QED) is 0.523. The van der Waals surface area contributed by atoms with Crippen molar-refractivity contribution >= 4 is 0 Å². The lowest BCUT2D eigenvalue weighted by Gasteiger charge is -2.19. The molecule has 0 bridgehead atoms. The highest BCUT2D eigenvalue weighted by Crippen LogP contribution is 2.25. The van der Waals surface area contributed by atoms with Crippen molar-refractivity contribution in [2.75, 3.05) is 13.1 Å². The van der Waals surface area contributed by atoms with Crippen LogP contribution in [0.3, 0.4) is 0 Å². The predicted octanol–water partition coefficient (Wildman–Crippen LogP) is 3.51. The van der Waals surface area contributed by atoms with E-state index in [-0.39, 0.29) is 0 Å². The van der Waals surface area contributed by atoms with Crippen molar-refractivity contribution in [3.63, 3.8) is 0 Å². The summed E-state index contributed by atoms with van der Waals surface area (Å²) in [4.78, 5) is 0. The largest absolute Gasteiger partial charge is 0.313 e. The first kappa shape index (κ1) is 11.8. The number of hydrogen-bond acceptors (Lipinski definition) is 1. The molecule has 0 heterocycles. The molecule has 1 rings (SSSR count). The van der Waals surface area contributed by atoms with E-state index in [1.54, 1.807) is 0 Å². The Hall–Kier alpha value is -0.300. The van der Waals surface area contributed by atoms with E-state index in [2.05, 4.69) is 25.2 Å². The minimum atomic E-state index is 0.882. The van der Waals surface area contributed by atoms with Gasteiger partial charge in [-0.15, -0.1) is 0 Å². The number of allylic oxidation sites excluding steroid dienone is 1. The zero-order chi connectivity index (χ0) is 10.2. The predicted molar refractivity (Wildman–Crippen MR) is 63.5 cm³/mol. The van der Waals surface area contributed by atoms with Crippen LogP contribution in [0, 0.1) is 5.92 Å². The SMILES string of the molecule is CCCNCC(C)=CC1CCCCC1. The molecule has 1 heteroatoms. The molecule has 1 N–H and O–H groups in total. The third kappa shape index (κ3) is 4.80. The van der Waals surface area contributed by atoms with Crippen LogP contribution in [-0.4, -0.2) is 13.1 Å². The zero-order valence-electron chi connectivity index (χ0n) is 9.81. The van der Waals surface area contributed by atoms with Crippen molar-refractivity contribution in [3.05, 3.63) is 11.6 Å². The molecule has 14 heavy (non-hydrogen) atoms. The standard InChI is InChI=1S/C13H25N/c1-3-9-14-11-12(2)10-13-7-5-4-6-8-13/h10,13-14H,3-9,11H2,1-2H3. The van der Waals surface area contributed by atoms with E-state index >= 15 is 0 Å². The van der Waals surface area contributed by atoms with E-state index < -0.39 is 0 Å². The van der Waals surface area contributed by atoms with Gasteiger partial charge in [-0.1, -0.05) is 37.8 Å². The summed E-state index contributed by atoms with van der Waals surface area (Å²) in [5.41, 5.74) is 1.53. The number of rotatable bonds is 5. The highest BCUT2D eigenvalue weighted by molar-refractivity contribution is 5.03.